The van der Waals surface area contributed by atoms with Gasteiger partial charge in [-0.25, -0.2) is 15.0 Å². The van der Waals surface area contributed by atoms with Crippen LogP contribution in [0.4, 0.5) is 5.82 Å². The van der Waals surface area contributed by atoms with Crippen LogP contribution in [-0.2, 0) is 0 Å². The number of hydrogen-bond acceptors (Lipinski definition) is 6. The van der Waals surface area contributed by atoms with Crippen molar-refractivity contribution in [1.29, 1.82) is 0 Å². The first-order valence-electron chi connectivity index (χ1n) is 9.77. The first-order valence-corrected chi connectivity index (χ1v) is 11.0. The Morgan fingerprint density at radius 3 is 2.71 bits per heavy atom. The maximum Gasteiger partial charge on any atom is 0.264 e. The van der Waals surface area contributed by atoms with Crippen molar-refractivity contribution in [3.05, 3.63) is 87.0 Å². The van der Waals surface area contributed by atoms with Gasteiger partial charge in [0.2, 0.25) is 0 Å². The molecule has 1 unspecified atom stereocenters. The lowest BCUT2D eigenvalue weighted by molar-refractivity contribution is 0.774. The largest absolute Gasteiger partial charge is 0.360 e. The number of nitrogens with one attached hydrogen (secondary N) is 1. The number of fused-ring (bicyclic) bond motifs is 2. The Bertz CT molecular complexity index is 1480. The van der Waals surface area contributed by atoms with Crippen LogP contribution in [0.15, 0.2) is 65.7 Å². The molecule has 6 nitrogen and oxygen atoms in total. The number of rotatable bonds is 4. The third-order valence-electron chi connectivity index (χ3n) is 5.14. The molecule has 31 heavy (non-hydrogen) atoms. The first-order chi connectivity index (χ1) is 15.0. The van der Waals surface area contributed by atoms with E-state index in [1.54, 1.807) is 10.6 Å². The van der Waals surface area contributed by atoms with Gasteiger partial charge >= 0.3 is 0 Å². The molecule has 2 aromatic carbocycles. The van der Waals surface area contributed by atoms with Gasteiger partial charge in [-0.2, -0.15) is 0 Å². The topological polar surface area (TPSA) is 72.7 Å². The molecule has 8 heteroatoms. The fourth-order valence-corrected chi connectivity index (χ4v) is 4.76. The summed E-state index contributed by atoms with van der Waals surface area (Å²) in [6.07, 6.45) is 1.53. The number of pyridine rings is 1. The zero-order valence-corrected chi connectivity index (χ0v) is 18.4. The highest BCUT2D eigenvalue weighted by atomic mass is 35.5. The zero-order chi connectivity index (χ0) is 21.5. The van der Waals surface area contributed by atoms with Crippen LogP contribution in [0.25, 0.3) is 26.8 Å². The van der Waals surface area contributed by atoms with E-state index in [1.807, 2.05) is 62.4 Å². The Labute approximate surface area is 187 Å². The van der Waals surface area contributed by atoms with Crippen molar-refractivity contribution in [2.45, 2.75) is 19.9 Å². The molecule has 0 aliphatic carbocycles. The molecule has 0 bridgehead atoms. The van der Waals surface area contributed by atoms with Gasteiger partial charge in [-0.1, -0.05) is 53.3 Å². The molecule has 0 radical (unpaired) electrons. The molecular weight excluding hydrogens is 430 g/mol. The van der Waals surface area contributed by atoms with Gasteiger partial charge in [0.1, 0.15) is 16.7 Å². The first kappa shape index (κ1) is 19.7. The molecule has 0 spiro atoms. The van der Waals surface area contributed by atoms with E-state index >= 15 is 0 Å². The standard InChI is InChI=1S/C23H18ClN5OS/c1-13(27-21-20-22(26-12-25-21)31-14(2)28-20)18-11-15-7-6-10-17(24)19(15)23(30)29(18)16-8-4-3-5-9-16/h3-13H,1-2H3,(H,25,26,27). The van der Waals surface area contributed by atoms with Gasteiger partial charge < -0.3 is 5.32 Å². The van der Waals surface area contributed by atoms with Crippen molar-refractivity contribution in [2.75, 3.05) is 5.32 Å². The normalized spacial score (nSPS) is 12.4. The summed E-state index contributed by atoms with van der Waals surface area (Å²) in [6.45, 7) is 3.94. The smallest absolute Gasteiger partial charge is 0.264 e. The van der Waals surface area contributed by atoms with E-state index in [9.17, 15) is 4.79 Å². The average molecular weight is 448 g/mol. The summed E-state index contributed by atoms with van der Waals surface area (Å²) in [7, 11) is 0. The number of benzene rings is 2. The van der Waals surface area contributed by atoms with E-state index < -0.39 is 0 Å². The van der Waals surface area contributed by atoms with Crippen LogP contribution in [0, 0.1) is 6.92 Å². The SMILES string of the molecule is Cc1nc2c(NC(C)c3cc4cccc(Cl)c4c(=O)n3-c3ccccc3)ncnc2s1. The number of thiazole rings is 1. The molecule has 3 aromatic heterocycles. The third kappa shape index (κ3) is 3.45. The Balaban J connectivity index is 1.70. The highest BCUT2D eigenvalue weighted by Crippen LogP contribution is 2.29. The number of para-hydroxylation sites is 1. The molecule has 0 aliphatic heterocycles. The molecule has 0 saturated carbocycles. The van der Waals surface area contributed by atoms with E-state index in [1.165, 1.54) is 17.7 Å². The summed E-state index contributed by atoms with van der Waals surface area (Å²) in [5, 5.41) is 6.10. The second-order valence-corrected chi connectivity index (χ2v) is 8.81. The molecule has 1 N–H and O–H groups in total. The minimum absolute atomic E-state index is 0.157. The number of anilines is 1. The van der Waals surface area contributed by atoms with Crippen LogP contribution < -0.4 is 10.9 Å². The van der Waals surface area contributed by atoms with Gasteiger partial charge in [-0.05, 0) is 43.5 Å². The molecule has 5 rings (SSSR count). The van der Waals surface area contributed by atoms with E-state index in [4.69, 9.17) is 11.6 Å². The monoisotopic (exact) mass is 447 g/mol. The summed E-state index contributed by atoms with van der Waals surface area (Å²) in [5.74, 6) is 0.639. The van der Waals surface area contributed by atoms with Crippen molar-refractivity contribution < 1.29 is 0 Å². The van der Waals surface area contributed by atoms with Gasteiger partial charge in [0.15, 0.2) is 5.82 Å². The van der Waals surface area contributed by atoms with Crippen molar-refractivity contribution >= 4 is 49.9 Å². The molecule has 0 fully saturated rings. The Kier molecular flexibility index (Phi) is 4.92. The van der Waals surface area contributed by atoms with Crippen LogP contribution in [0.2, 0.25) is 5.02 Å². The lowest BCUT2D eigenvalue weighted by Crippen LogP contribution is -2.25. The second kappa shape index (κ2) is 7.76. The number of hydrogen-bond donors (Lipinski definition) is 1. The van der Waals surface area contributed by atoms with Gasteiger partial charge in [-0.15, -0.1) is 0 Å². The predicted molar refractivity (Wildman–Crippen MR) is 127 cm³/mol. The zero-order valence-electron chi connectivity index (χ0n) is 16.8. The lowest BCUT2D eigenvalue weighted by atomic mass is 10.1. The quantitative estimate of drug-likeness (QED) is 0.392. The van der Waals surface area contributed by atoms with Crippen LogP contribution >= 0.6 is 22.9 Å². The molecule has 0 saturated heterocycles. The fraction of sp³-hybridized carbons (Fsp3) is 0.130. The predicted octanol–water partition coefficient (Wildman–Crippen LogP) is 5.53. The third-order valence-corrected chi connectivity index (χ3v) is 6.33. The number of halogens is 1. The summed E-state index contributed by atoms with van der Waals surface area (Å²) in [4.78, 5) is 27.7. The van der Waals surface area contributed by atoms with E-state index in [2.05, 4.69) is 20.3 Å². The molecular formula is C23H18ClN5OS. The molecule has 0 amide bonds. The number of aromatic nitrogens is 4. The lowest BCUT2D eigenvalue weighted by Gasteiger charge is -2.21. The highest BCUT2D eigenvalue weighted by molar-refractivity contribution is 7.18. The summed E-state index contributed by atoms with van der Waals surface area (Å²) < 4.78 is 1.70. The molecule has 0 aliphatic rings. The Hall–Kier alpha value is -3.29. The highest BCUT2D eigenvalue weighted by Gasteiger charge is 2.19. The van der Waals surface area contributed by atoms with Gasteiger partial charge in [0.25, 0.3) is 5.56 Å². The fourth-order valence-electron chi connectivity index (χ4n) is 3.74. The summed E-state index contributed by atoms with van der Waals surface area (Å²) >= 11 is 7.92. The Morgan fingerprint density at radius 2 is 1.90 bits per heavy atom. The molecule has 5 aromatic rings. The van der Waals surface area contributed by atoms with E-state index in [0.29, 0.717) is 16.2 Å². The van der Waals surface area contributed by atoms with Crippen molar-refractivity contribution in [1.82, 2.24) is 19.5 Å². The molecule has 154 valence electrons. The van der Waals surface area contributed by atoms with Crippen molar-refractivity contribution in [2.24, 2.45) is 0 Å². The maximum absolute atomic E-state index is 13.6. The van der Waals surface area contributed by atoms with Crippen molar-refractivity contribution in [3.63, 3.8) is 0 Å². The summed E-state index contributed by atoms with van der Waals surface area (Å²) in [5.41, 5.74) is 2.14. The van der Waals surface area contributed by atoms with Crippen LogP contribution in [-0.4, -0.2) is 19.5 Å². The number of aryl methyl sites for hydroxylation is 1. The van der Waals surface area contributed by atoms with Gasteiger partial charge in [0.05, 0.1) is 21.5 Å². The number of nitrogens with zero attached hydrogens (tertiary/aromatic N) is 4. The van der Waals surface area contributed by atoms with Crippen molar-refractivity contribution in [3.8, 4) is 5.69 Å². The van der Waals surface area contributed by atoms with Gasteiger partial charge in [-0.3, -0.25) is 9.36 Å². The minimum Gasteiger partial charge on any atom is -0.360 e. The van der Waals surface area contributed by atoms with E-state index in [-0.39, 0.29) is 11.6 Å². The van der Waals surface area contributed by atoms with Crippen LogP contribution in [0.3, 0.4) is 0 Å². The maximum atomic E-state index is 13.6. The van der Waals surface area contributed by atoms with E-state index in [0.717, 1.165) is 32.1 Å². The average Bonchev–Trinajstić information content (AvgIpc) is 3.15. The summed E-state index contributed by atoms with van der Waals surface area (Å²) in [6, 6.07) is 16.8. The van der Waals surface area contributed by atoms with Gasteiger partial charge in [0, 0.05) is 11.4 Å². The van der Waals surface area contributed by atoms with Crippen LogP contribution in [0.5, 0.6) is 0 Å². The second-order valence-electron chi connectivity index (χ2n) is 7.22. The Morgan fingerprint density at radius 1 is 1.10 bits per heavy atom. The molecule has 1 atom stereocenters. The minimum atomic E-state index is -0.239. The van der Waals surface area contributed by atoms with Crippen LogP contribution in [0.1, 0.15) is 23.7 Å². The molecule has 3 heterocycles.